The van der Waals surface area contributed by atoms with Crippen molar-refractivity contribution in [2.75, 3.05) is 13.4 Å². The fourth-order valence-electron chi connectivity index (χ4n) is 2.72. The molecule has 2 atom stereocenters. The highest BCUT2D eigenvalue weighted by Crippen LogP contribution is 2.34. The number of ether oxygens (including phenoxy) is 1. The van der Waals surface area contributed by atoms with Crippen LogP contribution in [0, 0.1) is 0 Å². The zero-order valence-electron chi connectivity index (χ0n) is 14.7. The van der Waals surface area contributed by atoms with Crippen molar-refractivity contribution >= 4 is 29.5 Å². The van der Waals surface area contributed by atoms with Crippen LogP contribution in [0.3, 0.4) is 0 Å². The number of amides is 2. The largest absolute Gasteiger partial charge is 0.464 e. The molecule has 1 heterocycles. The third-order valence-electron chi connectivity index (χ3n) is 3.90. The molecule has 1 fully saturated rings. The van der Waals surface area contributed by atoms with Gasteiger partial charge in [-0.05, 0) is 31.2 Å². The second-order valence-corrected chi connectivity index (χ2v) is 6.84. The SMILES string of the molecule is COC(=O)C(=C(C)C)N1C(=O)[C@H](NC(=O)Cc2ccccc2)[C@H]1SC. The van der Waals surface area contributed by atoms with Crippen molar-refractivity contribution in [3.63, 3.8) is 0 Å². The van der Waals surface area contributed by atoms with Crippen molar-refractivity contribution in [3.05, 3.63) is 47.2 Å². The first-order valence-electron chi connectivity index (χ1n) is 7.85. The summed E-state index contributed by atoms with van der Waals surface area (Å²) in [6.45, 7) is 3.50. The van der Waals surface area contributed by atoms with Crippen molar-refractivity contribution in [1.82, 2.24) is 10.2 Å². The Bertz CT molecular complexity index is 698. The molecule has 25 heavy (non-hydrogen) atoms. The highest BCUT2D eigenvalue weighted by atomic mass is 32.2. The van der Waals surface area contributed by atoms with Gasteiger partial charge in [0.1, 0.15) is 17.1 Å². The Morgan fingerprint density at radius 3 is 2.40 bits per heavy atom. The Kier molecular flexibility index (Phi) is 6.25. The van der Waals surface area contributed by atoms with Gasteiger partial charge in [-0.2, -0.15) is 0 Å². The van der Waals surface area contributed by atoms with Crippen LogP contribution in [0.4, 0.5) is 0 Å². The molecule has 1 aromatic carbocycles. The number of hydrogen-bond acceptors (Lipinski definition) is 5. The number of methoxy groups -OCH3 is 1. The van der Waals surface area contributed by atoms with E-state index in [2.05, 4.69) is 5.32 Å². The van der Waals surface area contributed by atoms with Crippen LogP contribution >= 0.6 is 11.8 Å². The molecule has 1 N–H and O–H groups in total. The monoisotopic (exact) mass is 362 g/mol. The lowest BCUT2D eigenvalue weighted by Crippen LogP contribution is -2.69. The summed E-state index contributed by atoms with van der Waals surface area (Å²) in [6.07, 6.45) is 2.04. The first-order valence-corrected chi connectivity index (χ1v) is 9.14. The van der Waals surface area contributed by atoms with E-state index in [4.69, 9.17) is 4.74 Å². The Morgan fingerprint density at radius 1 is 1.24 bits per heavy atom. The van der Waals surface area contributed by atoms with E-state index in [1.54, 1.807) is 13.8 Å². The van der Waals surface area contributed by atoms with Crippen LogP contribution in [0.5, 0.6) is 0 Å². The number of thioether (sulfide) groups is 1. The molecule has 0 saturated carbocycles. The first-order chi connectivity index (χ1) is 11.9. The van der Waals surface area contributed by atoms with E-state index >= 15 is 0 Å². The predicted molar refractivity (Wildman–Crippen MR) is 96.6 cm³/mol. The molecular formula is C18H22N2O4S. The molecule has 134 valence electrons. The Morgan fingerprint density at radius 2 is 1.88 bits per heavy atom. The number of rotatable bonds is 6. The van der Waals surface area contributed by atoms with E-state index in [0.29, 0.717) is 5.57 Å². The molecular weight excluding hydrogens is 340 g/mol. The van der Waals surface area contributed by atoms with Gasteiger partial charge in [0.2, 0.25) is 5.91 Å². The molecule has 2 rings (SSSR count). The highest BCUT2D eigenvalue weighted by Gasteiger charge is 2.51. The number of nitrogens with one attached hydrogen (secondary N) is 1. The molecule has 0 unspecified atom stereocenters. The summed E-state index contributed by atoms with van der Waals surface area (Å²) in [6, 6.07) is 8.68. The number of benzene rings is 1. The standard InChI is InChI=1S/C18H22N2O4S/c1-11(2)15(18(23)24-3)20-16(22)14(17(20)25-4)19-13(21)10-12-8-6-5-7-9-12/h5-9,14,17H,10H2,1-4H3,(H,19,21)/t14-,17+/m0/s1. The molecule has 1 saturated heterocycles. The number of esters is 1. The average molecular weight is 362 g/mol. The van der Waals surface area contributed by atoms with Crippen molar-refractivity contribution in [1.29, 1.82) is 0 Å². The molecule has 2 amide bonds. The van der Waals surface area contributed by atoms with E-state index in [0.717, 1.165) is 5.56 Å². The van der Waals surface area contributed by atoms with Crippen LogP contribution in [0.1, 0.15) is 19.4 Å². The summed E-state index contributed by atoms with van der Waals surface area (Å²) in [7, 11) is 1.28. The smallest absolute Gasteiger partial charge is 0.354 e. The van der Waals surface area contributed by atoms with Gasteiger partial charge in [-0.25, -0.2) is 4.79 Å². The molecule has 0 spiro atoms. The van der Waals surface area contributed by atoms with Crippen molar-refractivity contribution < 1.29 is 19.1 Å². The Labute approximate surface area is 151 Å². The maximum Gasteiger partial charge on any atom is 0.354 e. The second kappa shape index (κ2) is 8.20. The van der Waals surface area contributed by atoms with Crippen LogP contribution < -0.4 is 5.32 Å². The average Bonchev–Trinajstić information content (AvgIpc) is 2.60. The quantitative estimate of drug-likeness (QED) is 0.474. The lowest BCUT2D eigenvalue weighted by molar-refractivity contribution is -0.151. The minimum absolute atomic E-state index is 0.207. The summed E-state index contributed by atoms with van der Waals surface area (Å²) in [5.41, 5.74) is 1.80. The zero-order valence-corrected chi connectivity index (χ0v) is 15.6. The van der Waals surface area contributed by atoms with E-state index < -0.39 is 12.0 Å². The van der Waals surface area contributed by atoms with Gasteiger partial charge in [-0.1, -0.05) is 30.3 Å². The number of carbonyl (C=O) groups excluding carboxylic acids is 3. The van der Waals surface area contributed by atoms with Crippen LogP contribution in [0.25, 0.3) is 0 Å². The number of allylic oxidation sites excluding steroid dienone is 1. The van der Waals surface area contributed by atoms with E-state index in [-0.39, 0.29) is 29.3 Å². The van der Waals surface area contributed by atoms with Gasteiger partial charge in [0.15, 0.2) is 0 Å². The maximum absolute atomic E-state index is 12.5. The molecule has 0 radical (unpaired) electrons. The number of β-lactam (4-membered cyclic amide) rings is 1. The molecule has 0 bridgehead atoms. The Balaban J connectivity index is 2.09. The van der Waals surface area contributed by atoms with Gasteiger partial charge in [-0.3, -0.25) is 14.5 Å². The molecule has 1 aliphatic heterocycles. The normalized spacial score (nSPS) is 19.0. The molecule has 0 aliphatic carbocycles. The van der Waals surface area contributed by atoms with Gasteiger partial charge in [-0.15, -0.1) is 11.8 Å². The second-order valence-electron chi connectivity index (χ2n) is 5.88. The molecule has 1 aliphatic rings. The number of carbonyl (C=O) groups is 3. The molecule has 0 aromatic heterocycles. The highest BCUT2D eigenvalue weighted by molar-refractivity contribution is 7.99. The molecule has 1 aromatic rings. The maximum atomic E-state index is 12.5. The third kappa shape index (κ3) is 4.04. The Hall–Kier alpha value is -2.28. The molecule has 6 nitrogen and oxygen atoms in total. The minimum Gasteiger partial charge on any atom is -0.464 e. The lowest BCUT2D eigenvalue weighted by Gasteiger charge is -2.46. The minimum atomic E-state index is -0.648. The van der Waals surface area contributed by atoms with Crippen LogP contribution in [0.2, 0.25) is 0 Å². The van der Waals surface area contributed by atoms with Crippen LogP contribution in [-0.4, -0.2) is 47.5 Å². The zero-order chi connectivity index (χ0) is 18.6. The topological polar surface area (TPSA) is 75.7 Å². The third-order valence-corrected chi connectivity index (χ3v) is 4.87. The van der Waals surface area contributed by atoms with Gasteiger partial charge in [0.05, 0.1) is 13.5 Å². The lowest BCUT2D eigenvalue weighted by atomic mass is 10.0. The number of hydrogen-bond donors (Lipinski definition) is 1. The van der Waals surface area contributed by atoms with Gasteiger partial charge >= 0.3 is 5.97 Å². The summed E-state index contributed by atoms with van der Waals surface area (Å²) in [5.74, 6) is -1.08. The molecule has 7 heteroatoms. The van der Waals surface area contributed by atoms with E-state index in [1.165, 1.54) is 23.8 Å². The van der Waals surface area contributed by atoms with Crippen LogP contribution in [-0.2, 0) is 25.5 Å². The number of nitrogens with zero attached hydrogens (tertiary/aromatic N) is 1. The van der Waals surface area contributed by atoms with Gasteiger partial charge in [0, 0.05) is 0 Å². The summed E-state index contributed by atoms with van der Waals surface area (Å²) in [4.78, 5) is 38.2. The van der Waals surface area contributed by atoms with E-state index in [1.807, 2.05) is 36.6 Å². The summed E-state index contributed by atoms with van der Waals surface area (Å²) >= 11 is 1.40. The first kappa shape index (κ1) is 19.1. The fraction of sp³-hybridized carbons (Fsp3) is 0.389. The van der Waals surface area contributed by atoms with Gasteiger partial charge in [0.25, 0.3) is 5.91 Å². The van der Waals surface area contributed by atoms with E-state index in [9.17, 15) is 14.4 Å². The van der Waals surface area contributed by atoms with Crippen LogP contribution in [0.15, 0.2) is 41.6 Å². The van der Waals surface area contributed by atoms with Crippen molar-refractivity contribution in [2.45, 2.75) is 31.7 Å². The summed E-state index contributed by atoms with van der Waals surface area (Å²) < 4.78 is 4.78. The summed E-state index contributed by atoms with van der Waals surface area (Å²) in [5, 5.41) is 2.43. The van der Waals surface area contributed by atoms with Gasteiger partial charge < -0.3 is 10.1 Å². The van der Waals surface area contributed by atoms with Crippen molar-refractivity contribution in [3.8, 4) is 0 Å². The number of likely N-dealkylation sites (tertiary alicyclic amines) is 1. The predicted octanol–water partition coefficient (Wildman–Crippen LogP) is 1.71. The van der Waals surface area contributed by atoms with Crippen molar-refractivity contribution in [2.24, 2.45) is 0 Å². The fourth-order valence-corrected chi connectivity index (χ4v) is 3.60.